The fourth-order valence-electron chi connectivity index (χ4n) is 3.93. The quantitative estimate of drug-likeness (QED) is 0.274. The van der Waals surface area contributed by atoms with Crippen LogP contribution in [0.1, 0.15) is 5.56 Å². The van der Waals surface area contributed by atoms with Crippen molar-refractivity contribution in [2.75, 3.05) is 12.4 Å². The third-order valence-corrected chi connectivity index (χ3v) is 5.78. The zero-order valence-corrected chi connectivity index (χ0v) is 19.2. The van der Waals surface area contributed by atoms with Crippen molar-refractivity contribution < 1.29 is 22.7 Å². The van der Waals surface area contributed by atoms with Crippen molar-refractivity contribution in [1.29, 1.82) is 0 Å². The molecule has 0 saturated heterocycles. The molecule has 0 atom stereocenters. The standard InChI is InChI=1S/C26H19ClF2N2O4/c1-33-18-7-2-15(3-8-18)14-30-21-13-23(32)31(17-5-9-19(10-6-17)34-26(28)29)24-20-12-16(27)4-11-22(20)35-25(21)24/h2-13,26,30H,14H2,1H3. The summed E-state index contributed by atoms with van der Waals surface area (Å²) in [7, 11) is 1.60. The van der Waals surface area contributed by atoms with Gasteiger partial charge in [-0.05, 0) is 60.2 Å². The van der Waals surface area contributed by atoms with Crippen molar-refractivity contribution in [1.82, 2.24) is 4.57 Å². The molecule has 0 unspecified atom stereocenters. The molecule has 178 valence electrons. The van der Waals surface area contributed by atoms with Crippen molar-refractivity contribution in [3.63, 3.8) is 0 Å². The van der Waals surface area contributed by atoms with Crippen molar-refractivity contribution in [3.05, 3.63) is 93.7 Å². The van der Waals surface area contributed by atoms with Gasteiger partial charge in [-0.3, -0.25) is 9.36 Å². The van der Waals surface area contributed by atoms with E-state index < -0.39 is 6.61 Å². The van der Waals surface area contributed by atoms with Crippen LogP contribution in [0.4, 0.5) is 14.5 Å². The second-order valence-corrected chi connectivity index (χ2v) is 8.16. The van der Waals surface area contributed by atoms with Crippen LogP contribution in [0.5, 0.6) is 11.5 Å². The molecule has 2 aromatic heterocycles. The van der Waals surface area contributed by atoms with Crippen molar-refractivity contribution >= 4 is 39.4 Å². The first kappa shape index (κ1) is 22.7. The Morgan fingerprint density at radius 3 is 2.40 bits per heavy atom. The Hall–Kier alpha value is -4.04. The van der Waals surface area contributed by atoms with Gasteiger partial charge in [0, 0.05) is 28.7 Å². The molecule has 2 heterocycles. The number of anilines is 1. The fraction of sp³-hybridized carbons (Fsp3) is 0.115. The molecular weight excluding hydrogens is 478 g/mol. The van der Waals surface area contributed by atoms with E-state index in [2.05, 4.69) is 10.1 Å². The van der Waals surface area contributed by atoms with E-state index in [4.69, 9.17) is 20.8 Å². The highest BCUT2D eigenvalue weighted by atomic mass is 35.5. The van der Waals surface area contributed by atoms with E-state index in [1.807, 2.05) is 24.3 Å². The highest BCUT2D eigenvalue weighted by Gasteiger charge is 2.19. The molecule has 6 nitrogen and oxygen atoms in total. The first-order chi connectivity index (χ1) is 16.9. The Morgan fingerprint density at radius 2 is 1.71 bits per heavy atom. The number of methoxy groups -OCH3 is 1. The molecule has 9 heteroatoms. The molecule has 0 aliphatic rings. The van der Waals surface area contributed by atoms with Crippen molar-refractivity contribution in [3.8, 4) is 17.2 Å². The van der Waals surface area contributed by atoms with Gasteiger partial charge < -0.3 is 19.2 Å². The summed E-state index contributed by atoms with van der Waals surface area (Å²) in [5.74, 6) is 0.740. The molecule has 1 N–H and O–H groups in total. The highest BCUT2D eigenvalue weighted by Crippen LogP contribution is 2.35. The second-order valence-electron chi connectivity index (χ2n) is 7.73. The summed E-state index contributed by atoms with van der Waals surface area (Å²) in [5, 5.41) is 4.41. The van der Waals surface area contributed by atoms with Crippen molar-refractivity contribution in [2.45, 2.75) is 13.2 Å². The summed E-state index contributed by atoms with van der Waals surface area (Å²) in [6.07, 6.45) is 0. The monoisotopic (exact) mass is 496 g/mol. The van der Waals surface area contributed by atoms with Crippen molar-refractivity contribution in [2.24, 2.45) is 0 Å². The number of pyridine rings is 1. The van der Waals surface area contributed by atoms with E-state index in [1.54, 1.807) is 25.3 Å². The third-order valence-electron chi connectivity index (χ3n) is 5.54. The number of halogens is 3. The first-order valence-electron chi connectivity index (χ1n) is 10.6. The van der Waals surface area contributed by atoms with Gasteiger partial charge in [0.05, 0.1) is 12.8 Å². The van der Waals surface area contributed by atoms with Gasteiger partial charge >= 0.3 is 6.61 Å². The predicted octanol–water partition coefficient (Wildman–Crippen LogP) is 6.61. The van der Waals surface area contributed by atoms with Crippen LogP contribution in [0.25, 0.3) is 27.8 Å². The summed E-state index contributed by atoms with van der Waals surface area (Å²) in [6, 6.07) is 20.0. The molecule has 5 aromatic rings. The van der Waals surface area contributed by atoms with Crippen LogP contribution in [0.15, 0.2) is 82.0 Å². The van der Waals surface area contributed by atoms with E-state index in [-0.39, 0.29) is 11.3 Å². The van der Waals surface area contributed by atoms with Gasteiger partial charge in [-0.25, -0.2) is 0 Å². The number of fused-ring (bicyclic) bond motifs is 3. The average Bonchev–Trinajstić information content (AvgIpc) is 3.22. The topological polar surface area (TPSA) is 65.6 Å². The average molecular weight is 497 g/mol. The number of alkyl halides is 2. The van der Waals surface area contributed by atoms with Crippen LogP contribution >= 0.6 is 11.6 Å². The van der Waals surface area contributed by atoms with Gasteiger partial charge in [-0.1, -0.05) is 23.7 Å². The SMILES string of the molecule is COc1ccc(CNc2cc(=O)n(-c3ccc(OC(F)F)cc3)c3c2oc2ccc(Cl)cc23)cc1. The van der Waals surface area contributed by atoms with Crippen LogP contribution < -0.4 is 20.3 Å². The molecule has 0 radical (unpaired) electrons. The number of aromatic nitrogens is 1. The molecule has 35 heavy (non-hydrogen) atoms. The minimum absolute atomic E-state index is 0.00841. The van der Waals surface area contributed by atoms with Crippen LogP contribution in [-0.4, -0.2) is 18.3 Å². The van der Waals surface area contributed by atoms with E-state index >= 15 is 0 Å². The van der Waals surface area contributed by atoms with E-state index in [9.17, 15) is 13.6 Å². The predicted molar refractivity (Wildman–Crippen MR) is 131 cm³/mol. The number of hydrogen-bond acceptors (Lipinski definition) is 5. The zero-order chi connectivity index (χ0) is 24.5. The minimum atomic E-state index is -2.94. The molecule has 5 rings (SSSR count). The fourth-order valence-corrected chi connectivity index (χ4v) is 4.10. The highest BCUT2D eigenvalue weighted by molar-refractivity contribution is 6.31. The lowest BCUT2D eigenvalue weighted by Crippen LogP contribution is -2.19. The van der Waals surface area contributed by atoms with Crippen LogP contribution in [0.2, 0.25) is 5.02 Å². The summed E-state index contributed by atoms with van der Waals surface area (Å²) < 4.78 is 42.3. The lowest BCUT2D eigenvalue weighted by molar-refractivity contribution is -0.0498. The Morgan fingerprint density at radius 1 is 1.00 bits per heavy atom. The maximum absolute atomic E-state index is 13.3. The maximum Gasteiger partial charge on any atom is 0.387 e. The Balaban J connectivity index is 1.62. The Labute approximate surface area is 203 Å². The first-order valence-corrected chi connectivity index (χ1v) is 11.0. The molecule has 0 aliphatic carbocycles. The number of nitrogens with zero attached hydrogens (tertiary/aromatic N) is 1. The molecular formula is C26H19ClF2N2O4. The summed E-state index contributed by atoms with van der Waals surface area (Å²) in [4.78, 5) is 13.3. The van der Waals surface area contributed by atoms with E-state index in [0.29, 0.717) is 45.0 Å². The van der Waals surface area contributed by atoms with Crippen LogP contribution in [-0.2, 0) is 6.54 Å². The molecule has 0 spiro atoms. The number of benzene rings is 3. The Kier molecular flexibility index (Phi) is 6.05. The van der Waals surface area contributed by atoms with E-state index in [0.717, 1.165) is 11.3 Å². The minimum Gasteiger partial charge on any atom is -0.497 e. The van der Waals surface area contributed by atoms with Gasteiger partial charge in [-0.15, -0.1) is 0 Å². The third kappa shape index (κ3) is 4.52. The summed E-state index contributed by atoms with van der Waals surface area (Å²) in [6.45, 7) is -2.49. The largest absolute Gasteiger partial charge is 0.497 e. The number of ether oxygens (including phenoxy) is 2. The summed E-state index contributed by atoms with van der Waals surface area (Å²) in [5.41, 5.74) is 3.15. The van der Waals surface area contributed by atoms with Gasteiger partial charge in [0.2, 0.25) is 0 Å². The smallest absolute Gasteiger partial charge is 0.387 e. The van der Waals surface area contributed by atoms with Crippen LogP contribution in [0.3, 0.4) is 0 Å². The maximum atomic E-state index is 13.3. The van der Waals surface area contributed by atoms with E-state index in [1.165, 1.54) is 34.9 Å². The molecule has 0 amide bonds. The van der Waals surface area contributed by atoms with Gasteiger partial charge in [0.25, 0.3) is 5.56 Å². The van der Waals surface area contributed by atoms with Gasteiger partial charge in [0.1, 0.15) is 22.6 Å². The number of nitrogens with one attached hydrogen (secondary N) is 1. The zero-order valence-electron chi connectivity index (χ0n) is 18.4. The number of hydrogen-bond donors (Lipinski definition) is 1. The molecule has 0 aliphatic heterocycles. The number of furan rings is 1. The molecule has 0 bridgehead atoms. The van der Waals surface area contributed by atoms with Gasteiger partial charge in [0.15, 0.2) is 5.58 Å². The summed E-state index contributed by atoms with van der Waals surface area (Å²) >= 11 is 6.25. The van der Waals surface area contributed by atoms with Gasteiger partial charge in [-0.2, -0.15) is 8.78 Å². The molecule has 0 fully saturated rings. The lowest BCUT2D eigenvalue weighted by Gasteiger charge is -2.13. The molecule has 0 saturated carbocycles. The second kappa shape index (κ2) is 9.31. The molecule has 3 aromatic carbocycles. The van der Waals surface area contributed by atoms with Crippen LogP contribution in [0, 0.1) is 0 Å². The lowest BCUT2D eigenvalue weighted by atomic mass is 10.2. The number of rotatable bonds is 7. The Bertz CT molecular complexity index is 1560. The normalized spacial score (nSPS) is 11.3.